The van der Waals surface area contributed by atoms with Crippen LogP contribution in [-0.2, 0) is 16.4 Å². The normalized spacial score (nSPS) is 12.4. The van der Waals surface area contributed by atoms with E-state index in [1.54, 1.807) is 24.3 Å². The minimum Gasteiger partial charge on any atom is -0.350 e. The van der Waals surface area contributed by atoms with E-state index in [1.807, 2.05) is 51.4 Å². The van der Waals surface area contributed by atoms with Crippen molar-refractivity contribution in [1.82, 2.24) is 10.2 Å². The summed E-state index contributed by atoms with van der Waals surface area (Å²) >= 11 is 0. The fraction of sp³-hybridized carbons (Fsp3) is 0.240. The molecule has 0 aliphatic carbocycles. The van der Waals surface area contributed by atoms with E-state index in [0.29, 0.717) is 17.8 Å². The van der Waals surface area contributed by atoms with Gasteiger partial charge in [0.25, 0.3) is 15.9 Å². The van der Waals surface area contributed by atoms with Crippen LogP contribution < -0.4 is 10.0 Å². The maximum Gasteiger partial charge on any atom is 0.261 e. The van der Waals surface area contributed by atoms with Gasteiger partial charge < -0.3 is 10.2 Å². The number of amides is 1. The third kappa shape index (κ3) is 6.42. The number of nitrogens with zero attached hydrogens (tertiary/aromatic N) is 1. The lowest BCUT2D eigenvalue weighted by molar-refractivity contribution is 0.0941. The molecule has 0 saturated carbocycles. The van der Waals surface area contributed by atoms with Gasteiger partial charge in [-0.05, 0) is 63.3 Å². The second-order valence-corrected chi connectivity index (χ2v) is 9.70. The minimum absolute atomic E-state index is 0.0409. The average Bonchev–Trinajstić information content (AvgIpc) is 2.78. The van der Waals surface area contributed by atoms with Gasteiger partial charge >= 0.3 is 0 Å². The maximum atomic E-state index is 12.8. The van der Waals surface area contributed by atoms with Crippen molar-refractivity contribution in [2.45, 2.75) is 24.3 Å². The SMILES string of the molecule is Cc1ccc(NS(=O)(=O)c2cccc(C(=O)NCC(Cc3ccccc3)N(C)C)c2)cc1. The van der Waals surface area contributed by atoms with Crippen LogP contribution in [0.15, 0.2) is 83.8 Å². The Bertz CT molecular complexity index is 1140. The van der Waals surface area contributed by atoms with E-state index < -0.39 is 10.0 Å². The summed E-state index contributed by atoms with van der Waals surface area (Å²) in [5, 5.41) is 2.94. The zero-order valence-corrected chi connectivity index (χ0v) is 19.4. The molecule has 3 aromatic carbocycles. The molecule has 6 nitrogen and oxygen atoms in total. The van der Waals surface area contributed by atoms with Crippen molar-refractivity contribution in [3.05, 3.63) is 95.6 Å². The Kier molecular flexibility index (Phi) is 7.66. The first-order valence-electron chi connectivity index (χ1n) is 10.4. The number of hydrogen-bond donors (Lipinski definition) is 2. The van der Waals surface area contributed by atoms with E-state index in [2.05, 4.69) is 27.1 Å². The van der Waals surface area contributed by atoms with Gasteiger partial charge in [-0.1, -0.05) is 54.1 Å². The molecule has 0 fully saturated rings. The number of hydrogen-bond acceptors (Lipinski definition) is 4. The Labute approximate surface area is 190 Å². The van der Waals surface area contributed by atoms with Gasteiger partial charge in [0, 0.05) is 23.8 Å². The van der Waals surface area contributed by atoms with Gasteiger partial charge in [0.05, 0.1) is 4.90 Å². The van der Waals surface area contributed by atoms with E-state index in [9.17, 15) is 13.2 Å². The van der Waals surface area contributed by atoms with Crippen molar-refractivity contribution >= 4 is 21.6 Å². The molecule has 0 radical (unpaired) electrons. The van der Waals surface area contributed by atoms with Crippen LogP contribution in [0.3, 0.4) is 0 Å². The van der Waals surface area contributed by atoms with Crippen molar-refractivity contribution in [3.63, 3.8) is 0 Å². The summed E-state index contributed by atoms with van der Waals surface area (Å²) in [5.41, 5.74) is 3.00. The second-order valence-electron chi connectivity index (χ2n) is 8.02. The summed E-state index contributed by atoms with van der Waals surface area (Å²) in [6.45, 7) is 2.38. The number of anilines is 1. The van der Waals surface area contributed by atoms with Crippen LogP contribution in [0.1, 0.15) is 21.5 Å². The molecule has 2 N–H and O–H groups in total. The largest absolute Gasteiger partial charge is 0.350 e. The third-order valence-corrected chi connectivity index (χ3v) is 6.63. The molecule has 0 bridgehead atoms. The number of benzene rings is 3. The molecular weight excluding hydrogens is 422 g/mol. The quantitative estimate of drug-likeness (QED) is 0.520. The third-order valence-electron chi connectivity index (χ3n) is 5.25. The first-order chi connectivity index (χ1) is 15.2. The summed E-state index contributed by atoms with van der Waals surface area (Å²) in [5.74, 6) is -0.308. The Balaban J connectivity index is 1.68. The molecule has 1 atom stereocenters. The van der Waals surface area contributed by atoms with Crippen LogP contribution in [0.25, 0.3) is 0 Å². The van der Waals surface area contributed by atoms with E-state index >= 15 is 0 Å². The van der Waals surface area contributed by atoms with Crippen molar-refractivity contribution in [2.75, 3.05) is 25.4 Å². The van der Waals surface area contributed by atoms with Crippen molar-refractivity contribution < 1.29 is 13.2 Å². The molecule has 0 aromatic heterocycles. The summed E-state index contributed by atoms with van der Waals surface area (Å²) in [6.07, 6.45) is 0.795. The van der Waals surface area contributed by atoms with Crippen LogP contribution in [0.4, 0.5) is 5.69 Å². The molecule has 1 unspecified atom stereocenters. The highest BCUT2D eigenvalue weighted by molar-refractivity contribution is 7.92. The molecule has 3 aromatic rings. The highest BCUT2D eigenvalue weighted by Crippen LogP contribution is 2.18. The first kappa shape index (κ1) is 23.5. The first-order valence-corrected chi connectivity index (χ1v) is 11.9. The van der Waals surface area contributed by atoms with E-state index in [1.165, 1.54) is 17.7 Å². The molecule has 0 saturated heterocycles. The molecule has 32 heavy (non-hydrogen) atoms. The van der Waals surface area contributed by atoms with Gasteiger partial charge in [-0.25, -0.2) is 8.42 Å². The maximum absolute atomic E-state index is 12.8. The zero-order chi connectivity index (χ0) is 23.1. The number of carbonyl (C=O) groups excluding carboxylic acids is 1. The van der Waals surface area contributed by atoms with Crippen LogP contribution in [-0.4, -0.2) is 45.9 Å². The summed E-state index contributed by atoms with van der Waals surface area (Å²) < 4.78 is 28.1. The Hall–Kier alpha value is -3.16. The van der Waals surface area contributed by atoms with Gasteiger partial charge in [0.2, 0.25) is 0 Å². The highest BCUT2D eigenvalue weighted by atomic mass is 32.2. The van der Waals surface area contributed by atoms with Gasteiger partial charge in [-0.15, -0.1) is 0 Å². The Morgan fingerprint density at radius 1 is 0.938 bits per heavy atom. The van der Waals surface area contributed by atoms with Crippen LogP contribution in [0.5, 0.6) is 0 Å². The molecule has 0 aliphatic rings. The molecular formula is C25H29N3O3S. The average molecular weight is 452 g/mol. The summed E-state index contributed by atoms with van der Waals surface area (Å²) in [4.78, 5) is 14.9. The van der Waals surface area contributed by atoms with Crippen LogP contribution in [0, 0.1) is 6.92 Å². The number of likely N-dealkylation sites (N-methyl/N-ethyl adjacent to an activating group) is 1. The smallest absolute Gasteiger partial charge is 0.261 e. The fourth-order valence-electron chi connectivity index (χ4n) is 3.28. The zero-order valence-electron chi connectivity index (χ0n) is 18.6. The lowest BCUT2D eigenvalue weighted by atomic mass is 10.1. The number of rotatable bonds is 9. The lowest BCUT2D eigenvalue weighted by Crippen LogP contribution is -2.41. The molecule has 3 rings (SSSR count). The van der Waals surface area contributed by atoms with Crippen molar-refractivity contribution in [1.29, 1.82) is 0 Å². The fourth-order valence-corrected chi connectivity index (χ4v) is 4.38. The summed E-state index contributed by atoms with van der Waals surface area (Å²) in [7, 11) is 0.146. The number of nitrogens with one attached hydrogen (secondary N) is 2. The topological polar surface area (TPSA) is 78.5 Å². The Morgan fingerprint density at radius 3 is 2.28 bits per heavy atom. The molecule has 7 heteroatoms. The van der Waals surface area contributed by atoms with Crippen LogP contribution >= 0.6 is 0 Å². The van der Waals surface area contributed by atoms with Crippen LogP contribution in [0.2, 0.25) is 0 Å². The van der Waals surface area contributed by atoms with E-state index in [0.717, 1.165) is 12.0 Å². The molecule has 0 heterocycles. The van der Waals surface area contributed by atoms with Gasteiger partial charge in [0.15, 0.2) is 0 Å². The molecule has 1 amide bonds. The highest BCUT2D eigenvalue weighted by Gasteiger charge is 2.18. The minimum atomic E-state index is -3.81. The Morgan fingerprint density at radius 2 is 1.62 bits per heavy atom. The number of aryl methyl sites for hydroxylation is 1. The number of carbonyl (C=O) groups is 1. The van der Waals surface area contributed by atoms with Crippen molar-refractivity contribution in [3.8, 4) is 0 Å². The second kappa shape index (κ2) is 10.4. The predicted octanol–water partition coefficient (Wildman–Crippen LogP) is 3.70. The lowest BCUT2D eigenvalue weighted by Gasteiger charge is -2.25. The van der Waals surface area contributed by atoms with E-state index in [4.69, 9.17) is 0 Å². The van der Waals surface area contributed by atoms with Gasteiger partial charge in [-0.3, -0.25) is 9.52 Å². The monoisotopic (exact) mass is 451 g/mol. The van der Waals surface area contributed by atoms with E-state index in [-0.39, 0.29) is 16.8 Å². The summed E-state index contributed by atoms with van der Waals surface area (Å²) in [6, 6.07) is 23.3. The van der Waals surface area contributed by atoms with Crippen molar-refractivity contribution in [2.24, 2.45) is 0 Å². The standard InChI is InChI=1S/C25H29N3O3S/c1-19-12-14-22(15-13-19)27-32(30,31)24-11-7-10-21(17-24)25(29)26-18-23(28(2)3)16-20-8-5-4-6-9-20/h4-15,17,23,27H,16,18H2,1-3H3,(H,26,29). The van der Waals surface area contributed by atoms with Gasteiger partial charge in [-0.2, -0.15) is 0 Å². The molecule has 168 valence electrons. The number of sulfonamides is 1. The molecule has 0 spiro atoms. The molecule has 0 aliphatic heterocycles. The van der Waals surface area contributed by atoms with Gasteiger partial charge in [0.1, 0.15) is 0 Å². The predicted molar refractivity (Wildman–Crippen MR) is 128 cm³/mol.